The molecule has 0 aromatic rings. The molecule has 0 aromatic carbocycles. The maximum Gasteiger partial charge on any atom is 0.220 e. The van der Waals surface area contributed by atoms with Gasteiger partial charge in [0.2, 0.25) is 5.91 Å². The highest BCUT2D eigenvalue weighted by atomic mass is 16.1. The van der Waals surface area contributed by atoms with Gasteiger partial charge in [-0.25, -0.2) is 0 Å². The monoisotopic (exact) mass is 155 g/mol. The quantitative estimate of drug-likeness (QED) is 0.567. The number of carbonyl (C=O) groups excluding carboxylic acids is 1. The minimum atomic E-state index is 0.263. The van der Waals surface area contributed by atoms with Crippen LogP contribution in [0.15, 0.2) is 0 Å². The van der Waals surface area contributed by atoms with Gasteiger partial charge in [-0.1, -0.05) is 13.8 Å². The number of hydrogen-bond donors (Lipinski definition) is 1. The highest BCUT2D eigenvalue weighted by molar-refractivity contribution is 5.77. The maximum absolute atomic E-state index is 10.8. The first-order valence-corrected chi connectivity index (χ1v) is 4.58. The van der Waals surface area contributed by atoms with Crippen LogP contribution >= 0.6 is 0 Å². The Morgan fingerprint density at radius 1 is 1.27 bits per heavy atom. The summed E-state index contributed by atoms with van der Waals surface area (Å²) in [5.41, 5.74) is 0.488. The molecule has 2 nitrogen and oxygen atoms in total. The molecule has 1 N–H and O–H groups in total. The SMILES string of the molecule is CC.O=C1CC2(CCN1)CC2. The molecule has 0 radical (unpaired) electrons. The standard InChI is InChI=1S/C7H11NO.C2H6/c9-6-5-7(1-2-7)3-4-8-6;1-2/h1-5H2,(H,8,9);1-2H3. The van der Waals surface area contributed by atoms with Crippen molar-refractivity contribution in [1.29, 1.82) is 0 Å². The molecular weight excluding hydrogens is 138 g/mol. The fraction of sp³-hybridized carbons (Fsp3) is 0.889. The third-order valence-corrected chi connectivity index (χ3v) is 2.47. The lowest BCUT2D eigenvalue weighted by Crippen LogP contribution is -2.34. The summed E-state index contributed by atoms with van der Waals surface area (Å²) in [4.78, 5) is 10.8. The molecule has 64 valence electrons. The van der Waals surface area contributed by atoms with Gasteiger partial charge in [-0.2, -0.15) is 0 Å². The van der Waals surface area contributed by atoms with Crippen molar-refractivity contribution in [3.05, 3.63) is 0 Å². The van der Waals surface area contributed by atoms with E-state index in [2.05, 4.69) is 5.32 Å². The smallest absolute Gasteiger partial charge is 0.220 e. The lowest BCUT2D eigenvalue weighted by molar-refractivity contribution is -0.123. The van der Waals surface area contributed by atoms with Crippen LogP contribution in [0.25, 0.3) is 0 Å². The zero-order valence-corrected chi connectivity index (χ0v) is 7.44. The molecule has 11 heavy (non-hydrogen) atoms. The molecule has 1 aliphatic carbocycles. The van der Waals surface area contributed by atoms with Gasteiger partial charge in [0, 0.05) is 13.0 Å². The first kappa shape index (κ1) is 8.57. The Morgan fingerprint density at radius 2 is 1.91 bits per heavy atom. The summed E-state index contributed by atoms with van der Waals surface area (Å²) in [6, 6.07) is 0. The largest absolute Gasteiger partial charge is 0.356 e. The average Bonchev–Trinajstić information content (AvgIpc) is 2.73. The van der Waals surface area contributed by atoms with E-state index < -0.39 is 0 Å². The molecule has 1 amide bonds. The minimum absolute atomic E-state index is 0.263. The van der Waals surface area contributed by atoms with E-state index in [1.165, 1.54) is 19.3 Å². The van der Waals surface area contributed by atoms with E-state index in [9.17, 15) is 4.79 Å². The molecule has 0 unspecified atom stereocenters. The van der Waals surface area contributed by atoms with Gasteiger partial charge in [-0.15, -0.1) is 0 Å². The first-order chi connectivity index (χ1) is 5.31. The average molecular weight is 155 g/mol. The van der Waals surface area contributed by atoms with Gasteiger partial charge in [0.15, 0.2) is 0 Å². The molecule has 2 aliphatic rings. The molecular formula is C9H17NO. The van der Waals surface area contributed by atoms with Crippen LogP contribution in [0.4, 0.5) is 0 Å². The molecule has 1 spiro atoms. The Hall–Kier alpha value is -0.530. The fourth-order valence-corrected chi connectivity index (χ4v) is 1.56. The predicted molar refractivity (Wildman–Crippen MR) is 45.3 cm³/mol. The van der Waals surface area contributed by atoms with E-state index >= 15 is 0 Å². The Labute approximate surface area is 68.4 Å². The van der Waals surface area contributed by atoms with Crippen LogP contribution in [0.1, 0.15) is 39.5 Å². The lowest BCUT2D eigenvalue weighted by Gasteiger charge is -2.20. The third-order valence-electron chi connectivity index (χ3n) is 2.47. The summed E-state index contributed by atoms with van der Waals surface area (Å²) < 4.78 is 0. The van der Waals surface area contributed by atoms with E-state index in [1.54, 1.807) is 0 Å². The fourth-order valence-electron chi connectivity index (χ4n) is 1.56. The van der Waals surface area contributed by atoms with Crippen LogP contribution in [-0.4, -0.2) is 12.5 Å². The number of piperidine rings is 1. The van der Waals surface area contributed by atoms with Crippen LogP contribution in [0.3, 0.4) is 0 Å². The van der Waals surface area contributed by atoms with E-state index in [4.69, 9.17) is 0 Å². The van der Waals surface area contributed by atoms with Crippen molar-refractivity contribution in [1.82, 2.24) is 5.32 Å². The molecule has 0 aromatic heterocycles. The Balaban J connectivity index is 0.000000281. The number of nitrogens with one attached hydrogen (secondary N) is 1. The summed E-state index contributed by atoms with van der Waals surface area (Å²) >= 11 is 0. The Bertz CT molecular complexity index is 150. The van der Waals surface area contributed by atoms with Crippen LogP contribution in [0, 0.1) is 5.41 Å². The van der Waals surface area contributed by atoms with Gasteiger partial charge in [0.1, 0.15) is 0 Å². The summed E-state index contributed by atoms with van der Waals surface area (Å²) in [6.45, 7) is 4.92. The van der Waals surface area contributed by atoms with Gasteiger partial charge in [0.25, 0.3) is 0 Å². The minimum Gasteiger partial charge on any atom is -0.356 e. The molecule has 2 heteroatoms. The highest BCUT2D eigenvalue weighted by Crippen LogP contribution is 2.52. The molecule has 0 atom stereocenters. The molecule has 1 heterocycles. The second-order valence-electron chi connectivity index (χ2n) is 3.28. The van der Waals surface area contributed by atoms with Crippen LogP contribution in [0.5, 0.6) is 0 Å². The third kappa shape index (κ3) is 1.95. The molecule has 1 saturated carbocycles. The topological polar surface area (TPSA) is 29.1 Å². The van der Waals surface area contributed by atoms with Crippen molar-refractivity contribution in [2.24, 2.45) is 5.41 Å². The van der Waals surface area contributed by atoms with Crippen molar-refractivity contribution < 1.29 is 4.79 Å². The van der Waals surface area contributed by atoms with E-state index in [0.29, 0.717) is 5.41 Å². The van der Waals surface area contributed by atoms with Crippen LogP contribution in [0.2, 0.25) is 0 Å². The van der Waals surface area contributed by atoms with Crippen molar-refractivity contribution in [3.63, 3.8) is 0 Å². The summed E-state index contributed by atoms with van der Waals surface area (Å²) in [6.07, 6.45) is 4.60. The Morgan fingerprint density at radius 3 is 2.27 bits per heavy atom. The van der Waals surface area contributed by atoms with Gasteiger partial charge in [-0.05, 0) is 24.7 Å². The normalized spacial score (nSPS) is 25.1. The van der Waals surface area contributed by atoms with Gasteiger partial charge < -0.3 is 5.32 Å². The van der Waals surface area contributed by atoms with Gasteiger partial charge in [-0.3, -0.25) is 4.79 Å². The highest BCUT2D eigenvalue weighted by Gasteiger charge is 2.45. The summed E-state index contributed by atoms with van der Waals surface area (Å²) in [7, 11) is 0. The van der Waals surface area contributed by atoms with E-state index in [-0.39, 0.29) is 5.91 Å². The van der Waals surface area contributed by atoms with Crippen molar-refractivity contribution in [2.45, 2.75) is 39.5 Å². The number of amides is 1. The van der Waals surface area contributed by atoms with Crippen LogP contribution in [-0.2, 0) is 4.79 Å². The number of rotatable bonds is 0. The van der Waals surface area contributed by atoms with E-state index in [1.807, 2.05) is 13.8 Å². The maximum atomic E-state index is 10.8. The first-order valence-electron chi connectivity index (χ1n) is 4.58. The molecule has 1 saturated heterocycles. The zero-order chi connectivity index (χ0) is 8.32. The van der Waals surface area contributed by atoms with Gasteiger partial charge in [0.05, 0.1) is 0 Å². The van der Waals surface area contributed by atoms with Gasteiger partial charge >= 0.3 is 0 Å². The molecule has 0 bridgehead atoms. The number of hydrogen-bond acceptors (Lipinski definition) is 1. The van der Waals surface area contributed by atoms with Crippen molar-refractivity contribution in [3.8, 4) is 0 Å². The second kappa shape index (κ2) is 3.24. The summed E-state index contributed by atoms with van der Waals surface area (Å²) in [5.74, 6) is 0.263. The molecule has 2 rings (SSSR count). The zero-order valence-electron chi connectivity index (χ0n) is 7.44. The number of carbonyl (C=O) groups is 1. The second-order valence-corrected chi connectivity index (χ2v) is 3.28. The van der Waals surface area contributed by atoms with Crippen molar-refractivity contribution >= 4 is 5.91 Å². The van der Waals surface area contributed by atoms with Crippen LogP contribution < -0.4 is 5.32 Å². The Kier molecular flexibility index (Phi) is 2.53. The van der Waals surface area contributed by atoms with E-state index in [0.717, 1.165) is 13.0 Å². The lowest BCUT2D eigenvalue weighted by atomic mass is 9.95. The summed E-state index contributed by atoms with van der Waals surface area (Å²) in [5, 5.41) is 2.84. The predicted octanol–water partition coefficient (Wildman–Crippen LogP) is 1.70. The van der Waals surface area contributed by atoms with Crippen molar-refractivity contribution in [2.75, 3.05) is 6.54 Å². The molecule has 2 fully saturated rings. The molecule has 1 aliphatic heterocycles.